The van der Waals surface area contributed by atoms with Crippen molar-refractivity contribution in [2.24, 2.45) is 0 Å². The van der Waals surface area contributed by atoms with Gasteiger partial charge in [-0.3, -0.25) is 0 Å². The lowest BCUT2D eigenvalue weighted by Gasteiger charge is -2.36. The number of aromatic nitrogens is 4. The minimum absolute atomic E-state index is 0.155. The molecule has 3 aliphatic rings. The molecule has 5 aromatic rings. The van der Waals surface area contributed by atoms with Crippen molar-refractivity contribution in [1.29, 1.82) is 0 Å². The number of carbonyl (C=O) groups is 1. The van der Waals surface area contributed by atoms with Gasteiger partial charge in [-0.25, -0.2) is 13.9 Å². The fraction of sp³-hybridized carbons (Fsp3) is 0.478. The van der Waals surface area contributed by atoms with E-state index in [2.05, 4.69) is 16.9 Å². The number of amides is 1. The van der Waals surface area contributed by atoms with Gasteiger partial charge in [-0.1, -0.05) is 18.1 Å². The van der Waals surface area contributed by atoms with Crippen molar-refractivity contribution in [3.63, 3.8) is 0 Å². The van der Waals surface area contributed by atoms with E-state index in [1.54, 1.807) is 18.1 Å². The highest BCUT2D eigenvalue weighted by Crippen LogP contribution is 2.53. The maximum absolute atomic E-state index is 16.5. The number of anilines is 1. The first kappa shape index (κ1) is 40.3. The molecule has 0 radical (unpaired) electrons. The van der Waals surface area contributed by atoms with Gasteiger partial charge in [0, 0.05) is 73.4 Å². The summed E-state index contributed by atoms with van der Waals surface area (Å²) in [7, 11) is 1.63. The number of methoxy groups -OCH3 is 1. The van der Waals surface area contributed by atoms with Crippen molar-refractivity contribution < 1.29 is 32.9 Å². The molecule has 3 fully saturated rings. The molecule has 1 unspecified atom stereocenters. The molecule has 310 valence electrons. The third-order valence-electron chi connectivity index (χ3n) is 11.3. The minimum Gasteiger partial charge on any atom is -0.486 e. The Morgan fingerprint density at radius 3 is 2.44 bits per heavy atom. The van der Waals surface area contributed by atoms with Gasteiger partial charge in [0.2, 0.25) is 0 Å². The summed E-state index contributed by atoms with van der Waals surface area (Å²) in [5.74, 6) is 3.72. The van der Waals surface area contributed by atoms with E-state index in [-0.39, 0.29) is 49.4 Å². The van der Waals surface area contributed by atoms with Gasteiger partial charge in [0.05, 0.1) is 17.8 Å². The van der Waals surface area contributed by atoms with Crippen molar-refractivity contribution in [3.8, 4) is 35.2 Å². The van der Waals surface area contributed by atoms with Crippen LogP contribution in [0.1, 0.15) is 94.2 Å². The van der Waals surface area contributed by atoms with Gasteiger partial charge in [-0.2, -0.15) is 15.1 Å². The third kappa shape index (κ3) is 8.52. The lowest BCUT2D eigenvalue weighted by molar-refractivity contribution is -0.0366. The molecule has 2 aromatic heterocycles. The van der Waals surface area contributed by atoms with Crippen LogP contribution in [-0.2, 0) is 20.8 Å². The number of nitrogens with zero attached hydrogens (tertiary/aromatic N) is 6. The molecule has 2 saturated heterocycles. The van der Waals surface area contributed by atoms with Crippen LogP contribution in [-0.4, -0.2) is 88.9 Å². The molecule has 0 spiro atoms. The average molecular weight is 805 g/mol. The van der Waals surface area contributed by atoms with Gasteiger partial charge in [-0.05, 0) is 108 Å². The number of halogens is 1. The summed E-state index contributed by atoms with van der Waals surface area (Å²) in [5.41, 5.74) is 5.28. The molecular formula is C46H53FN6O6. The SMILES string of the molecule is C#Cc1ccc(COc2c(-c3c(C)c(F)cc4c3cnn4C3CCCCO3)c(C3CC3)cc3c(N4CCN(C(=O)OC(C)(C)C)CC4)nc(OC[C@H](C)OC)nc23)cc1. The maximum Gasteiger partial charge on any atom is 0.410 e. The molecule has 4 heterocycles. The van der Waals surface area contributed by atoms with Crippen LogP contribution in [0.5, 0.6) is 11.8 Å². The van der Waals surface area contributed by atoms with Crippen molar-refractivity contribution >= 4 is 33.7 Å². The number of benzene rings is 3. The first-order chi connectivity index (χ1) is 28.4. The van der Waals surface area contributed by atoms with Crippen molar-refractivity contribution in [2.45, 2.75) is 97.2 Å². The first-order valence-corrected chi connectivity index (χ1v) is 20.7. The highest BCUT2D eigenvalue weighted by Gasteiger charge is 2.35. The number of fused-ring (bicyclic) bond motifs is 2. The number of carbonyl (C=O) groups excluding carboxylic acids is 1. The highest BCUT2D eigenvalue weighted by molar-refractivity contribution is 6.06. The number of rotatable bonds is 11. The molecule has 2 aliphatic heterocycles. The van der Waals surface area contributed by atoms with Crippen LogP contribution in [0.2, 0.25) is 0 Å². The largest absolute Gasteiger partial charge is 0.486 e. The van der Waals surface area contributed by atoms with Crippen molar-refractivity contribution in [3.05, 3.63) is 70.7 Å². The smallest absolute Gasteiger partial charge is 0.410 e. The maximum atomic E-state index is 16.5. The summed E-state index contributed by atoms with van der Waals surface area (Å²) in [5, 5.41) is 6.41. The Morgan fingerprint density at radius 2 is 1.78 bits per heavy atom. The summed E-state index contributed by atoms with van der Waals surface area (Å²) >= 11 is 0. The fourth-order valence-electron chi connectivity index (χ4n) is 7.91. The Balaban J connectivity index is 1.33. The van der Waals surface area contributed by atoms with Gasteiger partial charge in [0.25, 0.3) is 0 Å². The number of piperazine rings is 1. The number of ether oxygens (including phenoxy) is 5. The van der Waals surface area contributed by atoms with Crippen LogP contribution in [0.15, 0.2) is 42.6 Å². The molecule has 59 heavy (non-hydrogen) atoms. The van der Waals surface area contributed by atoms with E-state index in [9.17, 15) is 4.79 Å². The first-order valence-electron chi connectivity index (χ1n) is 20.7. The summed E-state index contributed by atoms with van der Waals surface area (Å²) < 4.78 is 48.9. The Labute approximate surface area is 344 Å². The van der Waals surface area contributed by atoms with E-state index in [1.807, 2.05) is 69.8 Å². The molecule has 1 amide bonds. The quantitative estimate of drug-likeness (QED) is 0.120. The molecule has 1 saturated carbocycles. The van der Waals surface area contributed by atoms with Crippen LogP contribution in [0, 0.1) is 25.1 Å². The van der Waals surface area contributed by atoms with E-state index in [4.69, 9.17) is 45.2 Å². The third-order valence-corrected chi connectivity index (χ3v) is 11.3. The van der Waals surface area contributed by atoms with Gasteiger partial charge < -0.3 is 33.5 Å². The van der Waals surface area contributed by atoms with Crippen LogP contribution in [0.4, 0.5) is 15.0 Å². The molecule has 13 heteroatoms. The standard InChI is InChI=1S/C46H53FN6O6/c1-8-30-12-14-31(15-13-30)27-57-42-40(39-29(3)36(47)24-37-35(39)25-48-53(37)38-11-9-10-22-56-38)33(32-16-17-32)23-34-41(42)49-44(58-26-28(2)55-7)50-43(34)51-18-20-52(21-19-51)45(54)59-46(4,5)6/h1,12-15,23-25,28,32,38H,9-11,16-22,26-27H2,2-7H3/t28-,38?/m0/s1. The number of hydrogen-bond acceptors (Lipinski definition) is 10. The second-order valence-corrected chi connectivity index (χ2v) is 16.8. The van der Waals surface area contributed by atoms with Crippen molar-refractivity contribution in [1.82, 2.24) is 24.6 Å². The van der Waals surface area contributed by atoms with Crippen molar-refractivity contribution in [2.75, 3.05) is 51.4 Å². The lowest BCUT2D eigenvalue weighted by Crippen LogP contribution is -2.50. The molecule has 1 aliphatic carbocycles. The Morgan fingerprint density at radius 1 is 1.02 bits per heavy atom. The zero-order valence-electron chi connectivity index (χ0n) is 34.8. The van der Waals surface area contributed by atoms with E-state index in [1.165, 1.54) is 0 Å². The topological polar surface area (TPSA) is 113 Å². The van der Waals surface area contributed by atoms with E-state index in [0.29, 0.717) is 66.5 Å². The lowest BCUT2D eigenvalue weighted by atomic mass is 9.88. The number of hydrogen-bond donors (Lipinski definition) is 0. The Hall–Kier alpha value is -5.45. The predicted octanol–water partition coefficient (Wildman–Crippen LogP) is 8.70. The van der Waals surface area contributed by atoms with Gasteiger partial charge in [0.15, 0.2) is 12.0 Å². The van der Waals surface area contributed by atoms with Gasteiger partial charge >= 0.3 is 12.1 Å². The monoisotopic (exact) mass is 804 g/mol. The average Bonchev–Trinajstić information content (AvgIpc) is 4.01. The zero-order valence-corrected chi connectivity index (χ0v) is 34.8. The molecule has 0 bridgehead atoms. The van der Waals surface area contributed by atoms with Crippen LogP contribution in [0.3, 0.4) is 0 Å². The van der Waals surface area contributed by atoms with E-state index in [0.717, 1.165) is 65.1 Å². The fourth-order valence-corrected chi connectivity index (χ4v) is 7.91. The number of terminal acetylenes is 1. The summed E-state index contributed by atoms with van der Waals surface area (Å²) in [6.45, 7) is 12.3. The minimum atomic E-state index is -0.604. The normalized spacial score (nSPS) is 17.9. The molecule has 8 rings (SSSR count). The molecule has 3 aromatic carbocycles. The van der Waals surface area contributed by atoms with E-state index >= 15 is 4.39 Å². The van der Waals surface area contributed by atoms with E-state index < -0.39 is 5.60 Å². The zero-order chi connectivity index (χ0) is 41.4. The second-order valence-electron chi connectivity index (χ2n) is 16.8. The van der Waals surface area contributed by atoms with Crippen LogP contribution in [0.25, 0.3) is 32.9 Å². The molecule has 12 nitrogen and oxygen atoms in total. The Bertz CT molecular complexity index is 2380. The second kappa shape index (κ2) is 16.7. The molecule has 2 atom stereocenters. The Kier molecular flexibility index (Phi) is 11.4. The predicted molar refractivity (Wildman–Crippen MR) is 224 cm³/mol. The van der Waals surface area contributed by atoms with Crippen LogP contribution < -0.4 is 14.4 Å². The molecule has 0 N–H and O–H groups in total. The van der Waals surface area contributed by atoms with Gasteiger partial charge in [0.1, 0.15) is 36.0 Å². The highest BCUT2D eigenvalue weighted by atomic mass is 19.1. The molecular weight excluding hydrogens is 752 g/mol. The van der Waals surface area contributed by atoms with Crippen LogP contribution >= 0.6 is 0 Å². The summed E-state index contributed by atoms with van der Waals surface area (Å²) in [4.78, 5) is 27.1. The summed E-state index contributed by atoms with van der Waals surface area (Å²) in [6.07, 6.45) is 11.4. The summed E-state index contributed by atoms with van der Waals surface area (Å²) in [6, 6.07) is 11.6. The van der Waals surface area contributed by atoms with Gasteiger partial charge in [-0.15, -0.1) is 6.42 Å².